The SMILES string of the molecule is CC(NCc1ccon1)C(=O)Nc1ccccc1. The quantitative estimate of drug-likeness (QED) is 0.842. The Morgan fingerprint density at radius 2 is 2.11 bits per heavy atom. The summed E-state index contributed by atoms with van der Waals surface area (Å²) in [6.07, 6.45) is 1.51. The number of nitrogens with one attached hydrogen (secondary N) is 2. The number of anilines is 1. The largest absolute Gasteiger partial charge is 0.364 e. The van der Waals surface area contributed by atoms with E-state index in [0.29, 0.717) is 6.54 Å². The summed E-state index contributed by atoms with van der Waals surface area (Å²) in [7, 11) is 0. The van der Waals surface area contributed by atoms with Crippen molar-refractivity contribution < 1.29 is 9.32 Å². The maximum absolute atomic E-state index is 11.9. The Hall–Kier alpha value is -2.14. The number of hydrogen-bond acceptors (Lipinski definition) is 4. The van der Waals surface area contributed by atoms with Gasteiger partial charge in [0.2, 0.25) is 5.91 Å². The number of hydrogen-bond donors (Lipinski definition) is 2. The van der Waals surface area contributed by atoms with Crippen molar-refractivity contribution >= 4 is 11.6 Å². The van der Waals surface area contributed by atoms with Crippen molar-refractivity contribution in [3.63, 3.8) is 0 Å². The molecule has 0 radical (unpaired) electrons. The average molecular weight is 245 g/mol. The van der Waals surface area contributed by atoms with Gasteiger partial charge in [0.15, 0.2) is 0 Å². The molecule has 0 aliphatic heterocycles. The lowest BCUT2D eigenvalue weighted by molar-refractivity contribution is -0.117. The van der Waals surface area contributed by atoms with Crippen LogP contribution in [0, 0.1) is 0 Å². The molecule has 2 rings (SSSR count). The van der Waals surface area contributed by atoms with Gasteiger partial charge in [-0.2, -0.15) is 0 Å². The van der Waals surface area contributed by atoms with Gasteiger partial charge in [-0.1, -0.05) is 23.4 Å². The van der Waals surface area contributed by atoms with Gasteiger partial charge in [-0.05, 0) is 19.1 Å². The first-order chi connectivity index (χ1) is 8.75. The van der Waals surface area contributed by atoms with Crippen molar-refractivity contribution in [2.45, 2.75) is 19.5 Å². The number of para-hydroxylation sites is 1. The molecular weight excluding hydrogens is 230 g/mol. The normalized spacial score (nSPS) is 12.1. The number of nitrogens with zero attached hydrogens (tertiary/aromatic N) is 1. The third-order valence-corrected chi connectivity index (χ3v) is 2.52. The molecule has 0 saturated carbocycles. The van der Waals surface area contributed by atoms with Crippen LogP contribution in [0.5, 0.6) is 0 Å². The molecule has 0 aliphatic rings. The lowest BCUT2D eigenvalue weighted by Gasteiger charge is -2.13. The summed E-state index contributed by atoms with van der Waals surface area (Å²) in [4.78, 5) is 11.9. The lowest BCUT2D eigenvalue weighted by atomic mass is 10.2. The van der Waals surface area contributed by atoms with Gasteiger partial charge in [0.25, 0.3) is 0 Å². The van der Waals surface area contributed by atoms with Crippen LogP contribution in [0.25, 0.3) is 0 Å². The summed E-state index contributed by atoms with van der Waals surface area (Å²) >= 11 is 0. The number of carbonyl (C=O) groups is 1. The summed E-state index contributed by atoms with van der Waals surface area (Å²) in [6.45, 7) is 2.30. The first-order valence-electron chi connectivity index (χ1n) is 5.74. The van der Waals surface area contributed by atoms with E-state index in [2.05, 4.69) is 15.8 Å². The summed E-state index contributed by atoms with van der Waals surface area (Å²) < 4.78 is 4.71. The van der Waals surface area contributed by atoms with E-state index in [9.17, 15) is 4.79 Å². The summed E-state index contributed by atoms with van der Waals surface area (Å²) in [6, 6.07) is 10.8. The van der Waals surface area contributed by atoms with Crippen molar-refractivity contribution in [2.24, 2.45) is 0 Å². The van der Waals surface area contributed by atoms with Gasteiger partial charge >= 0.3 is 0 Å². The zero-order chi connectivity index (χ0) is 12.8. The zero-order valence-electron chi connectivity index (χ0n) is 10.1. The standard InChI is InChI=1S/C13H15N3O2/c1-10(14-9-12-7-8-18-16-12)13(17)15-11-5-3-2-4-6-11/h2-8,10,14H,9H2,1H3,(H,15,17). The lowest BCUT2D eigenvalue weighted by Crippen LogP contribution is -2.37. The van der Waals surface area contributed by atoms with E-state index in [1.807, 2.05) is 30.3 Å². The molecule has 0 fully saturated rings. The van der Waals surface area contributed by atoms with Gasteiger partial charge in [0.05, 0.1) is 11.7 Å². The number of aromatic nitrogens is 1. The van der Waals surface area contributed by atoms with Crippen LogP contribution in [0.15, 0.2) is 47.2 Å². The fourth-order valence-corrected chi connectivity index (χ4v) is 1.45. The van der Waals surface area contributed by atoms with E-state index in [4.69, 9.17) is 4.52 Å². The molecule has 1 heterocycles. The van der Waals surface area contributed by atoms with Crippen molar-refractivity contribution in [3.8, 4) is 0 Å². The Labute approximate surface area is 105 Å². The smallest absolute Gasteiger partial charge is 0.241 e. The van der Waals surface area contributed by atoms with Crippen molar-refractivity contribution in [1.29, 1.82) is 0 Å². The fraction of sp³-hybridized carbons (Fsp3) is 0.231. The Morgan fingerprint density at radius 1 is 1.33 bits per heavy atom. The van der Waals surface area contributed by atoms with E-state index in [-0.39, 0.29) is 11.9 Å². The molecule has 0 saturated heterocycles. The van der Waals surface area contributed by atoms with Gasteiger partial charge in [0, 0.05) is 18.3 Å². The van der Waals surface area contributed by atoms with Gasteiger partial charge < -0.3 is 15.2 Å². The number of amides is 1. The molecule has 5 heteroatoms. The second kappa shape index (κ2) is 5.97. The minimum atomic E-state index is -0.304. The first-order valence-corrected chi connectivity index (χ1v) is 5.74. The minimum absolute atomic E-state index is 0.0790. The Kier molecular flexibility index (Phi) is 4.09. The van der Waals surface area contributed by atoms with Crippen LogP contribution in [0.3, 0.4) is 0 Å². The van der Waals surface area contributed by atoms with E-state index >= 15 is 0 Å². The summed E-state index contributed by atoms with van der Waals surface area (Å²) in [5.74, 6) is -0.0790. The van der Waals surface area contributed by atoms with Gasteiger partial charge in [-0.15, -0.1) is 0 Å². The monoisotopic (exact) mass is 245 g/mol. The molecule has 0 spiro atoms. The Balaban J connectivity index is 1.82. The molecule has 1 aromatic heterocycles. The molecule has 1 unspecified atom stereocenters. The molecule has 94 valence electrons. The molecule has 18 heavy (non-hydrogen) atoms. The van der Waals surface area contributed by atoms with Crippen LogP contribution in [0.2, 0.25) is 0 Å². The third-order valence-electron chi connectivity index (χ3n) is 2.52. The average Bonchev–Trinajstić information content (AvgIpc) is 2.90. The van der Waals surface area contributed by atoms with E-state index in [1.165, 1.54) is 6.26 Å². The molecular formula is C13H15N3O2. The minimum Gasteiger partial charge on any atom is -0.364 e. The highest BCUT2D eigenvalue weighted by atomic mass is 16.5. The topological polar surface area (TPSA) is 67.2 Å². The molecule has 2 aromatic rings. The van der Waals surface area contributed by atoms with Crippen LogP contribution in [0.1, 0.15) is 12.6 Å². The number of benzene rings is 1. The van der Waals surface area contributed by atoms with E-state index in [1.54, 1.807) is 13.0 Å². The maximum Gasteiger partial charge on any atom is 0.241 e. The maximum atomic E-state index is 11.9. The second-order valence-corrected chi connectivity index (χ2v) is 3.95. The van der Waals surface area contributed by atoms with Crippen LogP contribution < -0.4 is 10.6 Å². The second-order valence-electron chi connectivity index (χ2n) is 3.95. The highest BCUT2D eigenvalue weighted by Crippen LogP contribution is 2.05. The summed E-state index contributed by atoms with van der Waals surface area (Å²) in [5, 5.41) is 9.66. The van der Waals surface area contributed by atoms with Gasteiger partial charge in [0.1, 0.15) is 6.26 Å². The molecule has 5 nitrogen and oxygen atoms in total. The van der Waals surface area contributed by atoms with Crippen LogP contribution in [-0.4, -0.2) is 17.1 Å². The van der Waals surface area contributed by atoms with Gasteiger partial charge in [-0.3, -0.25) is 4.79 Å². The highest BCUT2D eigenvalue weighted by Gasteiger charge is 2.12. The van der Waals surface area contributed by atoms with Crippen LogP contribution in [-0.2, 0) is 11.3 Å². The molecule has 2 N–H and O–H groups in total. The Morgan fingerprint density at radius 3 is 2.78 bits per heavy atom. The predicted octanol–water partition coefficient (Wildman–Crippen LogP) is 1.79. The van der Waals surface area contributed by atoms with E-state index in [0.717, 1.165) is 11.4 Å². The third kappa shape index (κ3) is 3.43. The van der Waals surface area contributed by atoms with E-state index < -0.39 is 0 Å². The van der Waals surface area contributed by atoms with Crippen molar-refractivity contribution in [1.82, 2.24) is 10.5 Å². The van der Waals surface area contributed by atoms with Crippen LogP contribution >= 0.6 is 0 Å². The van der Waals surface area contributed by atoms with Gasteiger partial charge in [-0.25, -0.2) is 0 Å². The fourth-order valence-electron chi connectivity index (χ4n) is 1.45. The molecule has 0 bridgehead atoms. The first kappa shape index (κ1) is 12.3. The van der Waals surface area contributed by atoms with Crippen LogP contribution in [0.4, 0.5) is 5.69 Å². The number of rotatable bonds is 5. The summed E-state index contributed by atoms with van der Waals surface area (Å²) in [5.41, 5.74) is 1.56. The Bertz CT molecular complexity index is 482. The molecule has 0 aliphatic carbocycles. The van der Waals surface area contributed by atoms with Crippen molar-refractivity contribution in [2.75, 3.05) is 5.32 Å². The predicted molar refractivity (Wildman–Crippen MR) is 67.9 cm³/mol. The number of carbonyl (C=O) groups excluding carboxylic acids is 1. The molecule has 1 aromatic carbocycles. The van der Waals surface area contributed by atoms with Crippen molar-refractivity contribution in [3.05, 3.63) is 48.4 Å². The highest BCUT2D eigenvalue weighted by molar-refractivity contribution is 5.94. The zero-order valence-corrected chi connectivity index (χ0v) is 10.1. The molecule has 1 amide bonds. The molecule has 1 atom stereocenters.